The number of nitrogens with one attached hydrogen (secondary N) is 1. The van der Waals surface area contributed by atoms with Crippen LogP contribution in [0, 0.1) is 0 Å². The summed E-state index contributed by atoms with van der Waals surface area (Å²) in [6, 6.07) is 20.1. The molecule has 0 spiro atoms. The first-order valence-corrected chi connectivity index (χ1v) is 9.93. The lowest BCUT2D eigenvalue weighted by atomic mass is 10.1. The Hall–Kier alpha value is -3.32. The van der Waals surface area contributed by atoms with Crippen LogP contribution in [0.3, 0.4) is 0 Å². The van der Waals surface area contributed by atoms with Gasteiger partial charge in [-0.25, -0.2) is 0 Å². The van der Waals surface area contributed by atoms with Crippen molar-refractivity contribution >= 4 is 46.0 Å². The quantitative estimate of drug-likeness (QED) is 0.460. The molecular formula is C22H20N2O4S. The number of fused-ring (bicyclic) bond motifs is 1. The fourth-order valence-corrected chi connectivity index (χ4v) is 3.37. The Morgan fingerprint density at radius 3 is 2.38 bits per heavy atom. The van der Waals surface area contributed by atoms with Crippen LogP contribution in [0.2, 0.25) is 0 Å². The van der Waals surface area contributed by atoms with Crippen molar-refractivity contribution in [3.05, 3.63) is 72.3 Å². The highest BCUT2D eigenvalue weighted by Crippen LogP contribution is 2.23. The minimum absolute atomic E-state index is 0.100. The fraction of sp³-hybridized carbons (Fsp3) is 0.136. The van der Waals surface area contributed by atoms with E-state index in [0.717, 1.165) is 15.7 Å². The number of primary amides is 1. The summed E-state index contributed by atoms with van der Waals surface area (Å²) in [5, 5.41) is 4.86. The zero-order chi connectivity index (χ0) is 20.8. The van der Waals surface area contributed by atoms with Gasteiger partial charge < -0.3 is 15.8 Å². The lowest BCUT2D eigenvalue weighted by molar-refractivity contribution is -0.150. The van der Waals surface area contributed by atoms with Crippen molar-refractivity contribution in [1.82, 2.24) is 0 Å². The van der Waals surface area contributed by atoms with E-state index in [1.165, 1.54) is 30.8 Å². The molecule has 0 fully saturated rings. The molecule has 0 aromatic heterocycles. The van der Waals surface area contributed by atoms with Crippen LogP contribution in [0.25, 0.3) is 10.8 Å². The number of amides is 2. The number of carbonyl (C=O) groups excluding carboxylic acids is 3. The first-order valence-electron chi connectivity index (χ1n) is 8.94. The van der Waals surface area contributed by atoms with E-state index >= 15 is 0 Å². The number of hydrogen-bond acceptors (Lipinski definition) is 5. The van der Waals surface area contributed by atoms with Crippen molar-refractivity contribution in [2.24, 2.45) is 5.73 Å². The monoisotopic (exact) mass is 408 g/mol. The van der Waals surface area contributed by atoms with Crippen molar-refractivity contribution in [1.29, 1.82) is 0 Å². The number of benzene rings is 3. The summed E-state index contributed by atoms with van der Waals surface area (Å²) in [6.45, 7) is 1.51. The molecule has 0 aliphatic carbocycles. The Morgan fingerprint density at radius 1 is 1.00 bits per heavy atom. The zero-order valence-corrected chi connectivity index (χ0v) is 16.6. The minimum atomic E-state index is -0.949. The second-order valence-electron chi connectivity index (χ2n) is 6.36. The molecule has 7 heteroatoms. The van der Waals surface area contributed by atoms with Crippen LogP contribution in [-0.4, -0.2) is 29.6 Å². The summed E-state index contributed by atoms with van der Waals surface area (Å²) in [6.07, 6.45) is -0.949. The Kier molecular flexibility index (Phi) is 6.51. The molecule has 0 unspecified atom stereocenters. The Balaban J connectivity index is 1.49. The van der Waals surface area contributed by atoms with Gasteiger partial charge in [0.05, 0.1) is 5.75 Å². The van der Waals surface area contributed by atoms with Gasteiger partial charge >= 0.3 is 5.97 Å². The summed E-state index contributed by atoms with van der Waals surface area (Å²) in [5.41, 5.74) is 6.00. The van der Waals surface area contributed by atoms with Gasteiger partial charge in [0, 0.05) is 16.1 Å². The number of anilines is 1. The first-order chi connectivity index (χ1) is 13.9. The number of hydrogen-bond donors (Lipinski definition) is 2. The average molecular weight is 408 g/mol. The van der Waals surface area contributed by atoms with Crippen LogP contribution in [0.15, 0.2) is 71.6 Å². The number of thioether (sulfide) groups is 1. The molecule has 0 aliphatic heterocycles. The molecule has 3 aromatic rings. The van der Waals surface area contributed by atoms with Gasteiger partial charge in [-0.15, -0.1) is 11.8 Å². The molecule has 3 aromatic carbocycles. The van der Waals surface area contributed by atoms with Crippen molar-refractivity contribution in [2.75, 3.05) is 11.1 Å². The maximum atomic E-state index is 12.2. The maximum Gasteiger partial charge on any atom is 0.317 e. The van der Waals surface area contributed by atoms with Crippen molar-refractivity contribution in [3.63, 3.8) is 0 Å². The molecule has 3 rings (SSSR count). The zero-order valence-electron chi connectivity index (χ0n) is 15.8. The highest BCUT2D eigenvalue weighted by molar-refractivity contribution is 8.00. The predicted octanol–water partition coefficient (Wildman–Crippen LogP) is 3.60. The summed E-state index contributed by atoms with van der Waals surface area (Å²) < 4.78 is 5.21. The Labute approximate surface area is 172 Å². The number of nitrogens with two attached hydrogens (primary N) is 1. The molecule has 2 amide bonds. The van der Waals surface area contributed by atoms with E-state index in [4.69, 9.17) is 10.5 Å². The van der Waals surface area contributed by atoms with E-state index in [0.29, 0.717) is 11.3 Å². The summed E-state index contributed by atoms with van der Waals surface area (Å²) in [7, 11) is 0. The number of carbonyl (C=O) groups is 3. The van der Waals surface area contributed by atoms with Gasteiger partial charge in [-0.3, -0.25) is 14.4 Å². The molecule has 6 nitrogen and oxygen atoms in total. The summed E-state index contributed by atoms with van der Waals surface area (Å²) in [4.78, 5) is 36.3. The first kappa shape index (κ1) is 20.4. The van der Waals surface area contributed by atoms with E-state index in [1.54, 1.807) is 12.1 Å². The summed E-state index contributed by atoms with van der Waals surface area (Å²) >= 11 is 1.36. The van der Waals surface area contributed by atoms with Crippen LogP contribution in [0.4, 0.5) is 5.69 Å². The standard InChI is InChI=1S/C22H20N2O4S/c1-14(22(27)24-18-9-6-16(7-10-18)21(23)26)28-20(25)13-29-19-11-8-15-4-2-3-5-17(15)12-19/h2-12,14H,13H2,1H3,(H2,23,26)(H,24,27)/t14-/m1/s1. The van der Waals surface area contributed by atoms with Gasteiger partial charge in [-0.2, -0.15) is 0 Å². The van der Waals surface area contributed by atoms with Gasteiger partial charge in [0.15, 0.2) is 6.10 Å². The van der Waals surface area contributed by atoms with Crippen molar-refractivity contribution < 1.29 is 19.1 Å². The molecule has 0 saturated carbocycles. The fourth-order valence-electron chi connectivity index (χ4n) is 2.65. The smallest absolute Gasteiger partial charge is 0.317 e. The summed E-state index contributed by atoms with van der Waals surface area (Å²) in [5.74, 6) is -1.38. The van der Waals surface area contributed by atoms with E-state index in [-0.39, 0.29) is 5.75 Å². The highest BCUT2D eigenvalue weighted by Gasteiger charge is 2.18. The third kappa shape index (κ3) is 5.58. The molecule has 1 atom stereocenters. The minimum Gasteiger partial charge on any atom is -0.452 e. The lowest BCUT2D eigenvalue weighted by Gasteiger charge is -2.13. The highest BCUT2D eigenvalue weighted by atomic mass is 32.2. The number of rotatable bonds is 7. The number of esters is 1. The molecule has 0 radical (unpaired) electrons. The van der Waals surface area contributed by atoms with Gasteiger partial charge in [-0.1, -0.05) is 30.3 Å². The SMILES string of the molecule is C[C@@H](OC(=O)CSc1ccc2ccccc2c1)C(=O)Nc1ccc(C(N)=O)cc1. The number of ether oxygens (including phenoxy) is 1. The van der Waals surface area contributed by atoms with Gasteiger partial charge in [-0.05, 0) is 54.1 Å². The van der Waals surface area contributed by atoms with E-state index < -0.39 is 23.9 Å². The second-order valence-corrected chi connectivity index (χ2v) is 7.41. The lowest BCUT2D eigenvalue weighted by Crippen LogP contribution is -2.30. The Morgan fingerprint density at radius 2 is 1.69 bits per heavy atom. The Bertz CT molecular complexity index is 1050. The van der Waals surface area contributed by atoms with Gasteiger partial charge in [0.25, 0.3) is 5.91 Å². The van der Waals surface area contributed by atoms with Crippen LogP contribution in [0.5, 0.6) is 0 Å². The normalized spacial score (nSPS) is 11.6. The molecule has 3 N–H and O–H groups in total. The molecule has 0 heterocycles. The molecule has 0 saturated heterocycles. The van der Waals surface area contributed by atoms with Crippen molar-refractivity contribution in [2.45, 2.75) is 17.9 Å². The third-order valence-electron chi connectivity index (χ3n) is 4.19. The topological polar surface area (TPSA) is 98.5 Å². The molecular weight excluding hydrogens is 388 g/mol. The molecule has 148 valence electrons. The second kappa shape index (κ2) is 9.25. The maximum absolute atomic E-state index is 12.2. The molecule has 29 heavy (non-hydrogen) atoms. The van der Waals surface area contributed by atoms with E-state index in [9.17, 15) is 14.4 Å². The van der Waals surface area contributed by atoms with E-state index in [2.05, 4.69) is 5.32 Å². The van der Waals surface area contributed by atoms with Gasteiger partial charge in [0.2, 0.25) is 5.91 Å². The van der Waals surface area contributed by atoms with Crippen LogP contribution in [0.1, 0.15) is 17.3 Å². The molecule has 0 bridgehead atoms. The third-order valence-corrected chi connectivity index (χ3v) is 5.16. The van der Waals surface area contributed by atoms with Gasteiger partial charge in [0.1, 0.15) is 0 Å². The predicted molar refractivity (Wildman–Crippen MR) is 114 cm³/mol. The largest absolute Gasteiger partial charge is 0.452 e. The average Bonchev–Trinajstić information content (AvgIpc) is 2.72. The van der Waals surface area contributed by atoms with E-state index in [1.807, 2.05) is 42.5 Å². The van der Waals surface area contributed by atoms with Crippen molar-refractivity contribution in [3.8, 4) is 0 Å². The van der Waals surface area contributed by atoms with Crippen LogP contribution < -0.4 is 11.1 Å². The molecule has 0 aliphatic rings. The van der Waals surface area contributed by atoms with Crippen LogP contribution in [-0.2, 0) is 14.3 Å². The van der Waals surface area contributed by atoms with Crippen LogP contribution >= 0.6 is 11.8 Å².